The Kier molecular flexibility index (Phi) is 4.76. The van der Waals surface area contributed by atoms with Crippen LogP contribution in [0.3, 0.4) is 0 Å². The second kappa shape index (κ2) is 6.33. The molecule has 1 aromatic carbocycles. The standard InChI is InChI=1S/C12H16BrFN2O/c13-11-9-10(14)1-2-12(11)17-8-7-16-5-3-15-4-6-16/h1-2,9,15H,3-8H2. The minimum Gasteiger partial charge on any atom is -0.491 e. The third kappa shape index (κ3) is 3.94. The quantitative estimate of drug-likeness (QED) is 0.919. The molecule has 1 fully saturated rings. The van der Waals surface area contributed by atoms with Gasteiger partial charge in [-0.3, -0.25) is 4.90 Å². The van der Waals surface area contributed by atoms with E-state index in [4.69, 9.17) is 4.74 Å². The van der Waals surface area contributed by atoms with E-state index in [0.717, 1.165) is 32.7 Å². The van der Waals surface area contributed by atoms with Crippen molar-refractivity contribution in [2.24, 2.45) is 0 Å². The highest BCUT2D eigenvalue weighted by Gasteiger charge is 2.09. The highest BCUT2D eigenvalue weighted by Crippen LogP contribution is 2.25. The predicted octanol–water partition coefficient (Wildman–Crippen LogP) is 1.87. The van der Waals surface area contributed by atoms with Crippen LogP contribution in [0.5, 0.6) is 5.75 Å². The molecule has 0 radical (unpaired) electrons. The van der Waals surface area contributed by atoms with Gasteiger partial charge in [0.15, 0.2) is 0 Å². The van der Waals surface area contributed by atoms with Crippen molar-refractivity contribution in [3.8, 4) is 5.75 Å². The fourth-order valence-corrected chi connectivity index (χ4v) is 2.28. The maximum Gasteiger partial charge on any atom is 0.133 e. The molecule has 1 saturated heterocycles. The molecule has 3 nitrogen and oxygen atoms in total. The number of piperazine rings is 1. The summed E-state index contributed by atoms with van der Waals surface area (Å²) in [6.07, 6.45) is 0. The molecule has 17 heavy (non-hydrogen) atoms. The molecular weight excluding hydrogens is 287 g/mol. The van der Waals surface area contributed by atoms with Gasteiger partial charge in [-0.2, -0.15) is 0 Å². The SMILES string of the molecule is Fc1ccc(OCCN2CCNCC2)c(Br)c1. The molecule has 0 amide bonds. The van der Waals surface area contributed by atoms with Crippen LogP contribution < -0.4 is 10.1 Å². The fourth-order valence-electron chi connectivity index (χ4n) is 1.81. The van der Waals surface area contributed by atoms with Crippen LogP contribution in [0.4, 0.5) is 4.39 Å². The zero-order valence-corrected chi connectivity index (χ0v) is 11.2. The van der Waals surface area contributed by atoms with Gasteiger partial charge in [0.2, 0.25) is 0 Å². The van der Waals surface area contributed by atoms with Gasteiger partial charge in [0, 0.05) is 32.7 Å². The summed E-state index contributed by atoms with van der Waals surface area (Å²) in [6.45, 7) is 5.75. The molecule has 1 heterocycles. The number of rotatable bonds is 4. The van der Waals surface area contributed by atoms with Crippen molar-refractivity contribution >= 4 is 15.9 Å². The van der Waals surface area contributed by atoms with Crippen LogP contribution in [0.2, 0.25) is 0 Å². The molecule has 0 spiro atoms. The smallest absolute Gasteiger partial charge is 0.133 e. The third-order valence-electron chi connectivity index (χ3n) is 2.77. The number of nitrogens with one attached hydrogen (secondary N) is 1. The number of halogens is 2. The molecule has 0 atom stereocenters. The van der Waals surface area contributed by atoms with E-state index >= 15 is 0 Å². The van der Waals surface area contributed by atoms with Crippen molar-refractivity contribution in [2.45, 2.75) is 0 Å². The van der Waals surface area contributed by atoms with Crippen LogP contribution in [0, 0.1) is 5.82 Å². The average Bonchev–Trinajstić information content (AvgIpc) is 2.33. The first-order chi connectivity index (χ1) is 8.25. The summed E-state index contributed by atoms with van der Waals surface area (Å²) in [7, 11) is 0. The summed E-state index contributed by atoms with van der Waals surface area (Å²) in [5, 5.41) is 3.31. The topological polar surface area (TPSA) is 24.5 Å². The minimum atomic E-state index is -0.258. The van der Waals surface area contributed by atoms with E-state index in [9.17, 15) is 4.39 Å². The van der Waals surface area contributed by atoms with Gasteiger partial charge in [0.1, 0.15) is 18.2 Å². The molecule has 5 heteroatoms. The van der Waals surface area contributed by atoms with Crippen LogP contribution >= 0.6 is 15.9 Å². The van der Waals surface area contributed by atoms with E-state index in [-0.39, 0.29) is 5.82 Å². The Balaban J connectivity index is 1.77. The summed E-state index contributed by atoms with van der Waals surface area (Å²) in [5.41, 5.74) is 0. The maximum absolute atomic E-state index is 12.9. The Bertz CT molecular complexity index is 370. The lowest BCUT2D eigenvalue weighted by Gasteiger charge is -2.27. The van der Waals surface area contributed by atoms with Crippen LogP contribution in [-0.2, 0) is 0 Å². The molecule has 0 bridgehead atoms. The molecule has 1 N–H and O–H groups in total. The first kappa shape index (κ1) is 12.8. The van der Waals surface area contributed by atoms with Gasteiger partial charge in [0.05, 0.1) is 4.47 Å². The zero-order chi connectivity index (χ0) is 12.1. The van der Waals surface area contributed by atoms with Crippen molar-refractivity contribution in [1.29, 1.82) is 0 Å². The van der Waals surface area contributed by atoms with Gasteiger partial charge in [-0.15, -0.1) is 0 Å². The van der Waals surface area contributed by atoms with Crippen molar-refractivity contribution in [3.63, 3.8) is 0 Å². The number of nitrogens with zero attached hydrogens (tertiary/aromatic N) is 1. The molecule has 2 rings (SSSR count). The molecule has 1 aliphatic rings. The molecule has 1 aliphatic heterocycles. The van der Waals surface area contributed by atoms with E-state index in [1.807, 2.05) is 0 Å². The number of ether oxygens (including phenoxy) is 1. The first-order valence-electron chi connectivity index (χ1n) is 5.76. The summed E-state index contributed by atoms with van der Waals surface area (Å²) in [4.78, 5) is 2.36. The Morgan fingerprint density at radius 3 is 2.82 bits per heavy atom. The van der Waals surface area contributed by atoms with Crippen LogP contribution in [-0.4, -0.2) is 44.2 Å². The van der Waals surface area contributed by atoms with E-state index in [2.05, 4.69) is 26.1 Å². The van der Waals surface area contributed by atoms with E-state index in [1.54, 1.807) is 6.07 Å². The summed E-state index contributed by atoms with van der Waals surface area (Å²) >= 11 is 3.28. The summed E-state index contributed by atoms with van der Waals surface area (Å²) in [5.74, 6) is 0.438. The highest BCUT2D eigenvalue weighted by atomic mass is 79.9. The molecule has 0 saturated carbocycles. The van der Waals surface area contributed by atoms with E-state index in [1.165, 1.54) is 12.1 Å². The van der Waals surface area contributed by atoms with Crippen molar-refractivity contribution in [1.82, 2.24) is 10.2 Å². The lowest BCUT2D eigenvalue weighted by atomic mass is 10.3. The Morgan fingerprint density at radius 1 is 1.35 bits per heavy atom. The third-order valence-corrected chi connectivity index (χ3v) is 3.39. The van der Waals surface area contributed by atoms with Gasteiger partial charge in [-0.25, -0.2) is 4.39 Å². The number of hydrogen-bond acceptors (Lipinski definition) is 3. The molecule has 94 valence electrons. The number of hydrogen-bond donors (Lipinski definition) is 1. The molecule has 0 unspecified atom stereocenters. The second-order valence-corrected chi connectivity index (χ2v) is 4.87. The normalized spacial score (nSPS) is 17.1. The highest BCUT2D eigenvalue weighted by molar-refractivity contribution is 9.10. The molecule has 0 aliphatic carbocycles. The monoisotopic (exact) mass is 302 g/mol. The molecule has 1 aromatic rings. The van der Waals surface area contributed by atoms with Gasteiger partial charge in [-0.05, 0) is 34.1 Å². The summed E-state index contributed by atoms with van der Waals surface area (Å²) < 4.78 is 19.1. The van der Waals surface area contributed by atoms with Crippen LogP contribution in [0.25, 0.3) is 0 Å². The van der Waals surface area contributed by atoms with Crippen molar-refractivity contribution in [3.05, 3.63) is 28.5 Å². The van der Waals surface area contributed by atoms with Crippen LogP contribution in [0.1, 0.15) is 0 Å². The molecular formula is C12H16BrFN2O. The van der Waals surface area contributed by atoms with Gasteiger partial charge < -0.3 is 10.1 Å². The maximum atomic E-state index is 12.9. The first-order valence-corrected chi connectivity index (χ1v) is 6.56. The fraction of sp³-hybridized carbons (Fsp3) is 0.500. The Morgan fingerprint density at radius 2 is 2.12 bits per heavy atom. The van der Waals surface area contributed by atoms with Crippen molar-refractivity contribution < 1.29 is 9.13 Å². The van der Waals surface area contributed by atoms with E-state index in [0.29, 0.717) is 16.8 Å². The largest absolute Gasteiger partial charge is 0.491 e. The average molecular weight is 303 g/mol. The second-order valence-electron chi connectivity index (χ2n) is 4.01. The summed E-state index contributed by atoms with van der Waals surface area (Å²) in [6, 6.07) is 4.47. The van der Waals surface area contributed by atoms with Gasteiger partial charge >= 0.3 is 0 Å². The van der Waals surface area contributed by atoms with Gasteiger partial charge in [0.25, 0.3) is 0 Å². The van der Waals surface area contributed by atoms with E-state index < -0.39 is 0 Å². The van der Waals surface area contributed by atoms with Crippen LogP contribution in [0.15, 0.2) is 22.7 Å². The predicted molar refractivity (Wildman–Crippen MR) is 68.9 cm³/mol. The van der Waals surface area contributed by atoms with Crippen molar-refractivity contribution in [2.75, 3.05) is 39.3 Å². The lowest BCUT2D eigenvalue weighted by Crippen LogP contribution is -2.44. The van der Waals surface area contributed by atoms with Gasteiger partial charge in [-0.1, -0.05) is 0 Å². The lowest BCUT2D eigenvalue weighted by molar-refractivity contribution is 0.191. The Labute approximate surface area is 109 Å². The Hall–Kier alpha value is -0.650. The zero-order valence-electron chi connectivity index (χ0n) is 9.59. The minimum absolute atomic E-state index is 0.258. The molecule has 0 aromatic heterocycles. The number of benzene rings is 1.